The molecule has 0 radical (unpaired) electrons. The van der Waals surface area contributed by atoms with E-state index >= 15 is 0 Å². The van der Waals surface area contributed by atoms with E-state index in [0.717, 1.165) is 41.3 Å². The highest BCUT2D eigenvalue weighted by Gasteiger charge is 2.25. The number of nitrogens with zero attached hydrogens (tertiary/aromatic N) is 2. The molecule has 2 nitrogen and oxygen atoms in total. The van der Waals surface area contributed by atoms with E-state index in [1.165, 1.54) is 87.7 Å². The van der Waals surface area contributed by atoms with Gasteiger partial charge in [0.1, 0.15) is 0 Å². The SMILES string of the molecule is CC/C=C(\C=C/CC(C)(C)C)N(c1ccc(C(C)(C)C)cc1)c1ccc2c(-c3ccc4ccccc4c3)c3cc(N(c4ccc(C(C)(C)C)cc4)c4ccc(C(C)(C)C)cc4)ccc3c(-c3ccc4ccccc4c3)c2c1. The number of fused-ring (bicyclic) bond motifs is 4. The molecule has 0 aliphatic carbocycles. The summed E-state index contributed by atoms with van der Waals surface area (Å²) < 4.78 is 0. The third-order valence-corrected chi connectivity index (χ3v) is 15.3. The highest BCUT2D eigenvalue weighted by molar-refractivity contribution is 6.23. The smallest absolute Gasteiger partial charge is 0.0468 e. The first-order chi connectivity index (χ1) is 36.6. The molecule has 0 atom stereocenters. The molecule has 0 bridgehead atoms. The Bertz CT molecular complexity index is 3760. The first-order valence-electron chi connectivity index (χ1n) is 28.0. The predicted octanol–water partition coefficient (Wildman–Crippen LogP) is 22.4. The number of hydrogen-bond donors (Lipinski definition) is 0. The van der Waals surface area contributed by atoms with Gasteiger partial charge in [0.2, 0.25) is 0 Å². The molecular formula is C75H78N2. The molecule has 10 rings (SSSR count). The molecule has 0 heterocycles. The predicted molar refractivity (Wildman–Crippen MR) is 338 cm³/mol. The van der Waals surface area contributed by atoms with Gasteiger partial charge in [0.25, 0.3) is 0 Å². The van der Waals surface area contributed by atoms with Gasteiger partial charge < -0.3 is 9.80 Å². The Morgan fingerprint density at radius 3 is 1.18 bits per heavy atom. The second-order valence-corrected chi connectivity index (χ2v) is 25.6. The van der Waals surface area contributed by atoms with Crippen LogP contribution in [-0.2, 0) is 16.2 Å². The summed E-state index contributed by atoms with van der Waals surface area (Å²) in [5.41, 5.74) is 15.8. The van der Waals surface area contributed by atoms with E-state index in [9.17, 15) is 0 Å². The minimum Gasteiger partial charge on any atom is -0.311 e. The van der Waals surface area contributed by atoms with Crippen molar-refractivity contribution in [1.29, 1.82) is 0 Å². The van der Waals surface area contributed by atoms with Gasteiger partial charge in [0.15, 0.2) is 0 Å². The molecule has 0 fully saturated rings. The van der Waals surface area contributed by atoms with E-state index in [4.69, 9.17) is 0 Å². The first-order valence-corrected chi connectivity index (χ1v) is 28.0. The lowest BCUT2D eigenvalue weighted by atomic mass is 9.84. The largest absolute Gasteiger partial charge is 0.311 e. The van der Waals surface area contributed by atoms with Crippen LogP contribution in [0.2, 0.25) is 0 Å². The molecule has 0 aliphatic heterocycles. The van der Waals surface area contributed by atoms with Gasteiger partial charge in [-0.3, -0.25) is 0 Å². The normalized spacial score (nSPS) is 12.9. The summed E-state index contributed by atoms with van der Waals surface area (Å²) in [4.78, 5) is 4.93. The minimum absolute atomic E-state index is 0.0280. The topological polar surface area (TPSA) is 6.48 Å². The van der Waals surface area contributed by atoms with Gasteiger partial charge in [-0.1, -0.05) is 223 Å². The van der Waals surface area contributed by atoms with Crippen molar-refractivity contribution < 1.29 is 0 Å². The fourth-order valence-corrected chi connectivity index (χ4v) is 11.0. The van der Waals surface area contributed by atoms with Gasteiger partial charge in [0.05, 0.1) is 0 Å². The summed E-state index contributed by atoms with van der Waals surface area (Å²) in [6.07, 6.45) is 8.97. The van der Waals surface area contributed by atoms with Gasteiger partial charge in [-0.25, -0.2) is 0 Å². The van der Waals surface area contributed by atoms with Crippen LogP contribution in [0.5, 0.6) is 0 Å². The highest BCUT2D eigenvalue weighted by Crippen LogP contribution is 2.49. The second kappa shape index (κ2) is 20.7. The summed E-state index contributed by atoms with van der Waals surface area (Å²) in [6.45, 7) is 29.8. The highest BCUT2D eigenvalue weighted by atomic mass is 15.1. The average Bonchev–Trinajstić information content (AvgIpc) is 3.50. The maximum absolute atomic E-state index is 2.48. The summed E-state index contributed by atoms with van der Waals surface area (Å²) in [6, 6.07) is 73.8. The first kappa shape index (κ1) is 52.7. The van der Waals surface area contributed by atoms with Crippen molar-refractivity contribution in [2.75, 3.05) is 9.80 Å². The van der Waals surface area contributed by atoms with Gasteiger partial charge in [-0.15, -0.1) is 0 Å². The van der Waals surface area contributed by atoms with Crippen LogP contribution in [0.15, 0.2) is 218 Å². The minimum atomic E-state index is 0.0280. The molecule has 10 aromatic rings. The fraction of sp³-hybridized carbons (Fsp3) is 0.253. The number of allylic oxidation sites excluding steroid dienone is 3. The van der Waals surface area contributed by atoms with Crippen molar-refractivity contribution in [3.05, 3.63) is 235 Å². The zero-order valence-electron chi connectivity index (χ0n) is 48.0. The average molecular weight is 1010 g/mol. The quantitative estimate of drug-likeness (QED) is 0.0941. The van der Waals surface area contributed by atoms with Crippen LogP contribution < -0.4 is 9.80 Å². The monoisotopic (exact) mass is 1010 g/mol. The molecule has 0 aliphatic rings. The standard InChI is InChI=1S/C75H78N2/c1-14-20-60(25-19-46-72(2,3)4)76(61-36-30-57(31-37-61)73(5,6)7)64-42-44-66-68(49-64)70(55-28-26-51-21-15-17-23-53(51)47-55)67-45-43-65(50-69(67)71(66)56-29-27-52-22-16-18-24-54(52)48-56)77(62-38-32-58(33-39-62)74(8,9)10)63-40-34-59(35-41-63)75(11,12)13/h15-45,47-50H,14,46H2,1-13H3/b25-19-,60-20+. The van der Waals surface area contributed by atoms with Crippen LogP contribution in [-0.4, -0.2) is 0 Å². The van der Waals surface area contributed by atoms with Crippen LogP contribution in [0.25, 0.3) is 65.3 Å². The molecule has 10 aromatic carbocycles. The molecule has 0 spiro atoms. The van der Waals surface area contributed by atoms with Crippen molar-refractivity contribution >= 4 is 71.5 Å². The van der Waals surface area contributed by atoms with Crippen LogP contribution in [0, 0.1) is 5.41 Å². The van der Waals surface area contributed by atoms with Crippen molar-refractivity contribution in [3.8, 4) is 22.3 Å². The van der Waals surface area contributed by atoms with E-state index in [-0.39, 0.29) is 21.7 Å². The maximum atomic E-state index is 2.48. The summed E-state index contributed by atoms with van der Waals surface area (Å²) in [5.74, 6) is 0. The molecular weight excluding hydrogens is 929 g/mol. The molecule has 0 N–H and O–H groups in total. The van der Waals surface area contributed by atoms with E-state index in [1.807, 2.05) is 0 Å². The summed E-state index contributed by atoms with van der Waals surface area (Å²) in [5, 5.41) is 9.73. The van der Waals surface area contributed by atoms with E-state index in [0.29, 0.717) is 0 Å². The lowest BCUT2D eigenvalue weighted by Crippen LogP contribution is -2.17. The van der Waals surface area contributed by atoms with Gasteiger partial charge >= 0.3 is 0 Å². The van der Waals surface area contributed by atoms with Gasteiger partial charge in [0, 0.05) is 34.1 Å². The van der Waals surface area contributed by atoms with Crippen molar-refractivity contribution in [3.63, 3.8) is 0 Å². The third kappa shape index (κ3) is 11.1. The maximum Gasteiger partial charge on any atom is 0.0468 e. The molecule has 0 saturated carbocycles. The van der Waals surface area contributed by atoms with Crippen molar-refractivity contribution in [1.82, 2.24) is 0 Å². The van der Waals surface area contributed by atoms with Crippen LogP contribution in [0.3, 0.4) is 0 Å². The molecule has 0 aromatic heterocycles. The Kier molecular flexibility index (Phi) is 14.2. The third-order valence-electron chi connectivity index (χ3n) is 15.3. The Morgan fingerprint density at radius 2 is 0.766 bits per heavy atom. The van der Waals surface area contributed by atoms with Crippen LogP contribution >= 0.6 is 0 Å². The van der Waals surface area contributed by atoms with Crippen molar-refractivity contribution in [2.45, 2.75) is 119 Å². The zero-order valence-corrected chi connectivity index (χ0v) is 48.0. The summed E-state index contributed by atoms with van der Waals surface area (Å²) >= 11 is 0. The number of benzene rings is 10. The number of rotatable bonds is 11. The molecule has 77 heavy (non-hydrogen) atoms. The molecule has 0 amide bonds. The molecule has 388 valence electrons. The van der Waals surface area contributed by atoms with E-state index in [2.05, 4.69) is 312 Å². The lowest BCUT2D eigenvalue weighted by molar-refractivity contribution is 0.420. The van der Waals surface area contributed by atoms with Crippen molar-refractivity contribution in [2.24, 2.45) is 5.41 Å². The Balaban J connectivity index is 1.30. The second-order valence-electron chi connectivity index (χ2n) is 25.6. The molecule has 0 unspecified atom stereocenters. The summed E-state index contributed by atoms with van der Waals surface area (Å²) in [7, 11) is 0. The van der Waals surface area contributed by atoms with Crippen LogP contribution in [0.4, 0.5) is 28.4 Å². The fourth-order valence-electron chi connectivity index (χ4n) is 11.0. The van der Waals surface area contributed by atoms with E-state index < -0.39 is 0 Å². The number of hydrogen-bond acceptors (Lipinski definition) is 2. The molecule has 0 saturated heterocycles. The number of anilines is 5. The molecule has 2 heteroatoms. The Labute approximate surface area is 460 Å². The van der Waals surface area contributed by atoms with Gasteiger partial charge in [-0.05, 0) is 195 Å². The Hall–Kier alpha value is -7.68. The zero-order chi connectivity index (χ0) is 54.4. The van der Waals surface area contributed by atoms with Gasteiger partial charge in [-0.2, -0.15) is 0 Å². The Morgan fingerprint density at radius 1 is 0.377 bits per heavy atom. The van der Waals surface area contributed by atoms with Crippen LogP contribution in [0.1, 0.15) is 120 Å². The van der Waals surface area contributed by atoms with E-state index in [1.54, 1.807) is 0 Å². The lowest BCUT2D eigenvalue weighted by Gasteiger charge is -2.30.